The zero-order chi connectivity index (χ0) is 35.2. The molecule has 47 heavy (non-hydrogen) atoms. The van der Waals surface area contributed by atoms with Crippen molar-refractivity contribution < 1.29 is 9.31 Å². The normalized spacial score (nSPS) is 15.3. The first-order valence-electron chi connectivity index (χ1n) is 14.1. The summed E-state index contributed by atoms with van der Waals surface area (Å²) in [4.78, 5) is 13.8. The Hall–Kier alpha value is -2.44. The standard InChI is InChI=1S/C27H12B15N3O2/c1-26(2)27(3,4)47-42(46-26)22-13(33)7(12(32)18(38)21(22)41)25-44-23(5-8(28)14(34)19(39)15(35)9(5)29)43-24(45-25)6-10(30)16(36)20(40)17(37)11(6)31/h1-4H3. The SMILES string of the molecule is [B]c1c([B])c([B])c(-c2nc(-c3c([B])c([B])c([B])c([B])c3[B])nc(-c3c([B])c([B])c([B])c(B4OC(C)(C)C(C)(C)O4)c3[B])n2)c([B])c1[B]. The Morgan fingerprint density at radius 1 is 0.362 bits per heavy atom. The maximum atomic E-state index is 6.79. The van der Waals surface area contributed by atoms with Crippen molar-refractivity contribution in [2.75, 3.05) is 0 Å². The van der Waals surface area contributed by atoms with E-state index in [1.54, 1.807) is 0 Å². The van der Waals surface area contributed by atoms with Crippen LogP contribution in [0.1, 0.15) is 27.7 Å². The van der Waals surface area contributed by atoms with Crippen LogP contribution < -0.4 is 81.9 Å². The second-order valence-corrected chi connectivity index (χ2v) is 12.2. The number of hydrogen-bond donors (Lipinski definition) is 0. The van der Waals surface area contributed by atoms with Crippen LogP contribution in [0.15, 0.2) is 0 Å². The summed E-state index contributed by atoms with van der Waals surface area (Å²) in [5.41, 5.74) is -1.95. The highest BCUT2D eigenvalue weighted by atomic mass is 16.7. The molecule has 0 bridgehead atoms. The van der Waals surface area contributed by atoms with E-state index in [9.17, 15) is 0 Å². The van der Waals surface area contributed by atoms with Gasteiger partial charge in [-0.15, -0.1) is 43.7 Å². The quantitative estimate of drug-likeness (QED) is 0.228. The molecular formula is C27H12B15N3O2. The molecule has 0 atom stereocenters. The fourth-order valence-corrected chi connectivity index (χ4v) is 5.20. The lowest BCUT2D eigenvalue weighted by atomic mass is 9.56. The van der Waals surface area contributed by atoms with Crippen molar-refractivity contribution in [3.05, 3.63) is 0 Å². The molecule has 20 heteroatoms. The Morgan fingerprint density at radius 3 is 0.894 bits per heavy atom. The Bertz CT molecular complexity index is 1860. The van der Waals surface area contributed by atoms with E-state index in [1.165, 1.54) is 0 Å². The van der Waals surface area contributed by atoms with Gasteiger partial charge in [-0.1, -0.05) is 32.8 Å². The van der Waals surface area contributed by atoms with Gasteiger partial charge in [-0.05, 0) is 33.2 Å². The van der Waals surface area contributed by atoms with Crippen molar-refractivity contribution in [3.8, 4) is 34.2 Å². The van der Waals surface area contributed by atoms with E-state index < -0.39 is 18.3 Å². The highest BCUT2D eigenvalue weighted by Crippen LogP contribution is 2.36. The van der Waals surface area contributed by atoms with Crippen molar-refractivity contribution in [1.29, 1.82) is 0 Å². The van der Waals surface area contributed by atoms with Crippen molar-refractivity contribution >= 4 is 199 Å². The predicted octanol–water partition coefficient (Wildman–Crippen LogP) is -11.7. The summed E-state index contributed by atoms with van der Waals surface area (Å²) in [5, 5.41) is 0. The summed E-state index contributed by atoms with van der Waals surface area (Å²) in [7, 11) is 87.5. The van der Waals surface area contributed by atoms with Gasteiger partial charge in [0.2, 0.25) is 0 Å². The van der Waals surface area contributed by atoms with Crippen molar-refractivity contribution in [3.63, 3.8) is 0 Å². The van der Waals surface area contributed by atoms with E-state index in [-0.39, 0.29) is 116 Å². The lowest BCUT2D eigenvalue weighted by Gasteiger charge is -2.32. The Labute approximate surface area is 295 Å². The van der Waals surface area contributed by atoms with Crippen LogP contribution in [0.25, 0.3) is 34.2 Å². The molecule has 1 aromatic heterocycles. The number of rotatable bonds is 4. The van der Waals surface area contributed by atoms with Crippen LogP contribution in [0, 0.1) is 0 Å². The largest absolute Gasteiger partial charge is 0.493 e. The van der Waals surface area contributed by atoms with Gasteiger partial charge in [0.1, 0.15) is 110 Å². The van der Waals surface area contributed by atoms with Crippen molar-refractivity contribution in [1.82, 2.24) is 15.0 Å². The molecule has 0 N–H and O–H groups in total. The molecule has 0 amide bonds. The molecule has 0 aliphatic carbocycles. The summed E-state index contributed by atoms with van der Waals surface area (Å²) < 4.78 is 12.5. The molecule has 1 fully saturated rings. The van der Waals surface area contributed by atoms with Crippen LogP contribution >= 0.6 is 0 Å². The number of benzene rings is 3. The minimum atomic E-state index is -1.05. The van der Waals surface area contributed by atoms with Gasteiger partial charge in [-0.2, -0.15) is 0 Å². The molecule has 0 spiro atoms. The summed E-state index contributed by atoms with van der Waals surface area (Å²) in [6, 6.07) is 0. The van der Waals surface area contributed by atoms with Crippen molar-refractivity contribution in [2.24, 2.45) is 0 Å². The number of nitrogens with zero attached hydrogens (tertiary/aromatic N) is 3. The predicted molar refractivity (Wildman–Crippen MR) is 207 cm³/mol. The molecule has 5 rings (SSSR count). The van der Waals surface area contributed by atoms with Gasteiger partial charge in [-0.25, -0.2) is 15.0 Å². The van der Waals surface area contributed by atoms with Gasteiger partial charge in [-0.3, -0.25) is 0 Å². The molecule has 1 aliphatic rings. The van der Waals surface area contributed by atoms with Crippen LogP contribution in [0.2, 0.25) is 0 Å². The molecule has 1 aliphatic heterocycles. The lowest BCUT2D eigenvalue weighted by Crippen LogP contribution is -2.61. The van der Waals surface area contributed by atoms with Crippen LogP contribution in [-0.2, 0) is 9.31 Å². The zero-order valence-electron chi connectivity index (χ0n) is 26.3. The molecular weight excluding hydrogens is 560 g/mol. The summed E-state index contributed by atoms with van der Waals surface area (Å²) >= 11 is 0. The maximum absolute atomic E-state index is 6.79. The third kappa shape index (κ3) is 5.54. The summed E-state index contributed by atoms with van der Waals surface area (Å²) in [5.74, 6) is -0.458. The summed E-state index contributed by atoms with van der Waals surface area (Å²) in [6.07, 6.45) is 0. The zero-order valence-corrected chi connectivity index (χ0v) is 26.3. The fraction of sp³-hybridized carbons (Fsp3) is 0.222. The topological polar surface area (TPSA) is 57.1 Å². The van der Waals surface area contributed by atoms with E-state index in [2.05, 4.69) is 15.0 Å². The first-order valence-corrected chi connectivity index (χ1v) is 14.1. The Balaban J connectivity index is 1.91. The van der Waals surface area contributed by atoms with Gasteiger partial charge in [0.15, 0.2) is 17.5 Å². The number of aromatic nitrogens is 3. The summed E-state index contributed by atoms with van der Waals surface area (Å²) in [6.45, 7) is 7.46. The molecule has 5 nitrogen and oxygen atoms in total. The Kier molecular flexibility index (Phi) is 9.28. The average Bonchev–Trinajstić information content (AvgIpc) is 3.21. The molecule has 3 aromatic carbocycles. The molecule has 0 unspecified atom stereocenters. The highest BCUT2D eigenvalue weighted by Gasteiger charge is 2.52. The molecule has 2 heterocycles. The smallest absolute Gasteiger partial charge is 0.399 e. The van der Waals surface area contributed by atoms with Crippen molar-refractivity contribution in [2.45, 2.75) is 38.9 Å². The first kappa shape index (κ1) is 35.9. The van der Waals surface area contributed by atoms with Gasteiger partial charge in [0.05, 0.1) is 11.2 Å². The minimum Gasteiger partial charge on any atom is -0.399 e. The number of hydrogen-bond acceptors (Lipinski definition) is 5. The molecule has 1 saturated heterocycles. The van der Waals surface area contributed by atoms with Crippen LogP contribution in [0.3, 0.4) is 0 Å². The monoisotopic (exact) mass is 575 g/mol. The van der Waals surface area contributed by atoms with E-state index in [0.29, 0.717) is 0 Å². The second-order valence-electron chi connectivity index (χ2n) is 12.2. The first-order chi connectivity index (χ1) is 21.6. The third-order valence-electron chi connectivity index (χ3n) is 8.89. The lowest BCUT2D eigenvalue weighted by molar-refractivity contribution is 0.00578. The average molecular weight is 573 g/mol. The van der Waals surface area contributed by atoms with E-state index in [1.807, 2.05) is 27.7 Å². The highest BCUT2D eigenvalue weighted by molar-refractivity contribution is 6.77. The van der Waals surface area contributed by atoms with Gasteiger partial charge in [0.25, 0.3) is 0 Å². The second kappa shape index (κ2) is 12.2. The fourth-order valence-electron chi connectivity index (χ4n) is 5.20. The third-order valence-corrected chi connectivity index (χ3v) is 8.89. The van der Waals surface area contributed by atoms with Gasteiger partial charge in [0, 0.05) is 16.7 Å². The molecule has 4 aromatic rings. The van der Waals surface area contributed by atoms with Gasteiger partial charge < -0.3 is 9.31 Å². The van der Waals surface area contributed by atoms with Gasteiger partial charge >= 0.3 is 7.12 Å². The maximum Gasteiger partial charge on any atom is 0.493 e. The van der Waals surface area contributed by atoms with E-state index in [4.69, 9.17) is 119 Å². The molecule has 28 radical (unpaired) electrons. The van der Waals surface area contributed by atoms with Crippen LogP contribution in [-0.4, -0.2) is 143 Å². The Morgan fingerprint density at radius 2 is 0.596 bits per heavy atom. The van der Waals surface area contributed by atoms with Crippen LogP contribution in [0.4, 0.5) is 0 Å². The molecule has 192 valence electrons. The van der Waals surface area contributed by atoms with E-state index in [0.717, 1.165) is 0 Å². The minimum absolute atomic E-state index is 0.00893. The van der Waals surface area contributed by atoms with E-state index >= 15 is 0 Å². The molecule has 0 saturated carbocycles. The van der Waals surface area contributed by atoms with Crippen LogP contribution in [0.5, 0.6) is 0 Å².